The van der Waals surface area contributed by atoms with Gasteiger partial charge >= 0.3 is 0 Å². The van der Waals surface area contributed by atoms with Gasteiger partial charge in [0.2, 0.25) is 29.5 Å². The molecule has 6 rings (SSSR count). The standard InChI is InChI=1S/C41H48N6O10/c48-22-32-35(51)36(52)37(53)41(57-32)47-34(50)19-25-18-33(49)45-31(17-26-20-42-29-14-8-7-13-28(26)29)40(56)46-30(16-24-11-5-2-6-12-24)39(55)44-27(21-43-38(25)54)15-23-9-3-1-4-10-23/h1-14,20,25,27,30-32,35-37,41-42,48,51-53H,15-19,21-22H2,(H,43,54)(H,44,55)(H,45,49)(H,46,56)(H,47,50)/t25?,27-,30?,31?,32-,35-,36+,37-,41-/m1/s1. The third kappa shape index (κ3) is 10.6. The Bertz CT molecular complexity index is 2010. The van der Waals surface area contributed by atoms with Gasteiger partial charge in [0.15, 0.2) is 6.23 Å². The molecule has 302 valence electrons. The minimum atomic E-state index is -1.77. The summed E-state index contributed by atoms with van der Waals surface area (Å²) in [7, 11) is 0. The maximum atomic E-state index is 14.2. The molecular formula is C41H48N6O10. The van der Waals surface area contributed by atoms with E-state index in [-0.39, 0.29) is 19.4 Å². The number of aromatic amines is 1. The Morgan fingerprint density at radius 2 is 1.35 bits per heavy atom. The molecule has 10 N–H and O–H groups in total. The number of fused-ring (bicyclic) bond motifs is 1. The molecule has 3 heterocycles. The average Bonchev–Trinajstić information content (AvgIpc) is 3.62. The SMILES string of the molecule is O=C1CC(CC(=O)N[C@@H]2O[C@H](CO)[C@@H](O)[C@H](O)[C@H]2O)C(=O)NC[C@@H](Cc2ccccc2)NC(=O)C(Cc2ccccc2)NC(=O)C(Cc2c[nH]c3ccccc23)N1. The maximum Gasteiger partial charge on any atom is 0.243 e. The van der Waals surface area contributed by atoms with Crippen molar-refractivity contribution < 1.29 is 49.1 Å². The summed E-state index contributed by atoms with van der Waals surface area (Å²) in [6.07, 6.45) is -6.96. The Morgan fingerprint density at radius 3 is 2.05 bits per heavy atom. The molecule has 0 radical (unpaired) electrons. The number of H-pyrrole nitrogens is 1. The molecule has 3 aromatic carbocycles. The van der Waals surface area contributed by atoms with Crippen LogP contribution >= 0.6 is 0 Å². The molecule has 4 aromatic rings. The van der Waals surface area contributed by atoms with Crippen LogP contribution in [-0.2, 0) is 48.0 Å². The van der Waals surface area contributed by atoms with Crippen LogP contribution in [0.4, 0.5) is 0 Å². The predicted octanol–water partition coefficient (Wildman–Crippen LogP) is -0.907. The van der Waals surface area contributed by atoms with Crippen LogP contribution in [0.3, 0.4) is 0 Å². The van der Waals surface area contributed by atoms with Crippen molar-refractivity contribution in [2.75, 3.05) is 13.2 Å². The fourth-order valence-corrected chi connectivity index (χ4v) is 7.20. The highest BCUT2D eigenvalue weighted by molar-refractivity contribution is 5.95. The van der Waals surface area contributed by atoms with Crippen LogP contribution in [0.1, 0.15) is 29.5 Å². The molecule has 2 aliphatic rings. The van der Waals surface area contributed by atoms with E-state index in [2.05, 4.69) is 31.6 Å². The number of hydrogen-bond acceptors (Lipinski definition) is 10. The minimum Gasteiger partial charge on any atom is -0.394 e. The van der Waals surface area contributed by atoms with Gasteiger partial charge in [-0.25, -0.2) is 0 Å². The zero-order valence-electron chi connectivity index (χ0n) is 31.0. The Morgan fingerprint density at radius 1 is 0.719 bits per heavy atom. The van der Waals surface area contributed by atoms with Gasteiger partial charge in [-0.2, -0.15) is 0 Å². The molecule has 1 aromatic heterocycles. The van der Waals surface area contributed by atoms with Gasteiger partial charge in [0.25, 0.3) is 0 Å². The first-order valence-electron chi connectivity index (χ1n) is 18.9. The Hall–Kier alpha value is -5.65. The van der Waals surface area contributed by atoms with Gasteiger partial charge in [0.1, 0.15) is 36.5 Å². The van der Waals surface area contributed by atoms with Crippen molar-refractivity contribution in [2.24, 2.45) is 5.92 Å². The Kier molecular flexibility index (Phi) is 13.7. The number of aliphatic hydroxyl groups is 4. The van der Waals surface area contributed by atoms with Crippen molar-refractivity contribution >= 4 is 40.4 Å². The second-order valence-corrected chi connectivity index (χ2v) is 14.5. The fraction of sp³-hybridized carbons (Fsp3) is 0.390. The minimum absolute atomic E-state index is 0.0202. The third-order valence-corrected chi connectivity index (χ3v) is 10.3. The lowest BCUT2D eigenvalue weighted by Gasteiger charge is -2.40. The molecule has 16 nitrogen and oxygen atoms in total. The first kappa shape index (κ1) is 41.0. The molecule has 2 aliphatic heterocycles. The van der Waals surface area contributed by atoms with Crippen LogP contribution in [0, 0.1) is 5.92 Å². The van der Waals surface area contributed by atoms with E-state index in [4.69, 9.17) is 4.74 Å². The van der Waals surface area contributed by atoms with E-state index in [0.717, 1.165) is 22.0 Å². The van der Waals surface area contributed by atoms with E-state index in [1.807, 2.05) is 84.9 Å². The molecule has 2 saturated heterocycles. The quantitative estimate of drug-likeness (QED) is 0.0949. The number of benzene rings is 3. The second-order valence-electron chi connectivity index (χ2n) is 14.5. The lowest BCUT2D eigenvalue weighted by atomic mass is 9.96. The van der Waals surface area contributed by atoms with Crippen molar-refractivity contribution in [3.05, 3.63) is 108 Å². The first-order valence-corrected chi connectivity index (χ1v) is 18.9. The smallest absolute Gasteiger partial charge is 0.243 e. The summed E-state index contributed by atoms with van der Waals surface area (Å²) in [5.41, 5.74) is 3.17. The molecule has 9 atom stereocenters. The van der Waals surface area contributed by atoms with Crippen LogP contribution in [0.15, 0.2) is 91.1 Å². The molecule has 0 saturated carbocycles. The average molecular weight is 785 g/mol. The van der Waals surface area contributed by atoms with Crippen molar-refractivity contribution in [2.45, 2.75) is 80.9 Å². The monoisotopic (exact) mass is 784 g/mol. The normalized spacial score (nSPS) is 27.7. The van der Waals surface area contributed by atoms with Gasteiger partial charge in [-0.15, -0.1) is 0 Å². The largest absolute Gasteiger partial charge is 0.394 e. The molecule has 57 heavy (non-hydrogen) atoms. The molecular weight excluding hydrogens is 736 g/mol. The molecule has 0 bridgehead atoms. The Labute approximate surface area is 328 Å². The van der Waals surface area contributed by atoms with Crippen molar-refractivity contribution in [3.8, 4) is 0 Å². The number of rotatable bonds is 10. The number of ether oxygens (including phenoxy) is 1. The highest BCUT2D eigenvalue weighted by Crippen LogP contribution is 2.22. The van der Waals surface area contributed by atoms with Gasteiger partial charge < -0.3 is 56.7 Å². The second kappa shape index (κ2) is 19.0. The topological polar surface area (TPSA) is 251 Å². The lowest BCUT2D eigenvalue weighted by molar-refractivity contribution is -0.236. The van der Waals surface area contributed by atoms with Gasteiger partial charge in [-0.3, -0.25) is 24.0 Å². The highest BCUT2D eigenvalue weighted by atomic mass is 16.6. The highest BCUT2D eigenvalue weighted by Gasteiger charge is 2.44. The molecule has 3 unspecified atom stereocenters. The molecule has 2 fully saturated rings. The summed E-state index contributed by atoms with van der Waals surface area (Å²) >= 11 is 0. The van der Waals surface area contributed by atoms with E-state index in [9.17, 15) is 44.4 Å². The molecule has 16 heteroatoms. The van der Waals surface area contributed by atoms with Gasteiger partial charge in [0, 0.05) is 49.3 Å². The number of nitrogens with one attached hydrogen (secondary N) is 6. The first-order chi connectivity index (χ1) is 27.5. The van der Waals surface area contributed by atoms with E-state index in [1.54, 1.807) is 6.20 Å². The Balaban J connectivity index is 1.29. The number of para-hydroxylation sites is 1. The predicted molar refractivity (Wildman–Crippen MR) is 206 cm³/mol. The van der Waals surface area contributed by atoms with E-state index >= 15 is 0 Å². The van der Waals surface area contributed by atoms with E-state index < -0.39 is 104 Å². The molecule has 5 amide bonds. The molecule has 0 spiro atoms. The number of carbonyl (C=O) groups is 5. The van der Waals surface area contributed by atoms with Crippen molar-refractivity contribution in [1.82, 2.24) is 31.6 Å². The van der Waals surface area contributed by atoms with E-state index in [0.29, 0.717) is 12.0 Å². The third-order valence-electron chi connectivity index (χ3n) is 10.3. The summed E-state index contributed by atoms with van der Waals surface area (Å²) in [6, 6.07) is 22.9. The summed E-state index contributed by atoms with van der Waals surface area (Å²) in [5.74, 6) is -4.72. The lowest BCUT2D eigenvalue weighted by Crippen LogP contribution is -2.63. The number of hydrogen-bond donors (Lipinski definition) is 10. The van der Waals surface area contributed by atoms with Crippen LogP contribution in [0.5, 0.6) is 0 Å². The number of aliphatic hydroxyl groups excluding tert-OH is 4. The van der Waals surface area contributed by atoms with Gasteiger partial charge in [-0.05, 0) is 29.2 Å². The van der Waals surface area contributed by atoms with E-state index in [1.165, 1.54) is 0 Å². The van der Waals surface area contributed by atoms with Gasteiger partial charge in [0.05, 0.1) is 18.6 Å². The summed E-state index contributed by atoms with van der Waals surface area (Å²) in [5, 5.41) is 55.0. The molecule has 0 aliphatic carbocycles. The zero-order valence-corrected chi connectivity index (χ0v) is 31.0. The van der Waals surface area contributed by atoms with Crippen LogP contribution < -0.4 is 26.6 Å². The maximum absolute atomic E-state index is 14.2. The van der Waals surface area contributed by atoms with Crippen LogP contribution in [-0.4, -0.2) is 117 Å². The summed E-state index contributed by atoms with van der Waals surface area (Å²) in [4.78, 5) is 72.6. The fourth-order valence-electron chi connectivity index (χ4n) is 7.20. The van der Waals surface area contributed by atoms with Gasteiger partial charge in [-0.1, -0.05) is 78.9 Å². The van der Waals surface area contributed by atoms with Crippen molar-refractivity contribution in [3.63, 3.8) is 0 Å². The zero-order chi connectivity index (χ0) is 40.5. The van der Waals surface area contributed by atoms with Crippen LogP contribution in [0.25, 0.3) is 10.9 Å². The summed E-state index contributed by atoms with van der Waals surface area (Å²) < 4.78 is 5.40. The number of carbonyl (C=O) groups excluding carboxylic acids is 5. The number of aromatic nitrogens is 1. The summed E-state index contributed by atoms with van der Waals surface area (Å²) in [6.45, 7) is -0.815. The van der Waals surface area contributed by atoms with Crippen molar-refractivity contribution in [1.29, 1.82) is 0 Å². The van der Waals surface area contributed by atoms with Crippen LogP contribution in [0.2, 0.25) is 0 Å². The number of amides is 5.